The van der Waals surface area contributed by atoms with Crippen LogP contribution in [0.15, 0.2) is 12.1 Å². The normalized spacial score (nSPS) is 32.6. The molecule has 2 heterocycles. The molecule has 2 N–H and O–H groups in total. The summed E-state index contributed by atoms with van der Waals surface area (Å²) in [5.74, 6) is 0.744. The lowest BCUT2D eigenvalue weighted by Gasteiger charge is -2.41. The van der Waals surface area contributed by atoms with Crippen LogP contribution in [0.4, 0.5) is 5.82 Å². The largest absolute Gasteiger partial charge is 0.309 e. The van der Waals surface area contributed by atoms with Gasteiger partial charge in [-0.2, -0.15) is 0 Å². The van der Waals surface area contributed by atoms with Crippen LogP contribution in [0, 0.1) is 19.3 Å². The van der Waals surface area contributed by atoms with Gasteiger partial charge >= 0.3 is 0 Å². The average molecular weight is 259 g/mol. The maximum Gasteiger partial charge on any atom is 0.242 e. The molecule has 4 nitrogen and oxygen atoms in total. The van der Waals surface area contributed by atoms with Gasteiger partial charge in [-0.05, 0) is 50.2 Å². The third kappa shape index (κ3) is 2.14. The fraction of sp³-hybridized carbons (Fsp3) is 0.600. The molecule has 0 spiro atoms. The molecular formula is C15H21N3O. The van der Waals surface area contributed by atoms with E-state index in [2.05, 4.69) is 22.5 Å². The number of carbonyl (C=O) groups is 1. The summed E-state index contributed by atoms with van der Waals surface area (Å²) in [6.45, 7) is 6.18. The second kappa shape index (κ2) is 4.30. The predicted molar refractivity (Wildman–Crippen MR) is 75.0 cm³/mol. The Hall–Kier alpha value is -1.42. The van der Waals surface area contributed by atoms with Gasteiger partial charge in [0.25, 0.3) is 0 Å². The molecular weight excluding hydrogens is 238 g/mol. The molecule has 102 valence electrons. The minimum Gasteiger partial charge on any atom is -0.309 e. The molecule has 1 aromatic heterocycles. The molecule has 1 aromatic rings. The number of aromatic nitrogens is 1. The molecule has 3 rings (SSSR count). The van der Waals surface area contributed by atoms with Crippen LogP contribution in [0.3, 0.4) is 0 Å². The van der Waals surface area contributed by atoms with E-state index in [1.54, 1.807) is 0 Å². The van der Waals surface area contributed by atoms with Crippen molar-refractivity contribution in [3.05, 3.63) is 23.4 Å². The van der Waals surface area contributed by atoms with Crippen molar-refractivity contribution in [3.63, 3.8) is 0 Å². The molecule has 1 saturated carbocycles. The van der Waals surface area contributed by atoms with Crippen LogP contribution in [0.5, 0.6) is 0 Å². The molecule has 0 bridgehead atoms. The fourth-order valence-corrected chi connectivity index (χ4v) is 3.20. The van der Waals surface area contributed by atoms with Crippen LogP contribution in [0.25, 0.3) is 0 Å². The van der Waals surface area contributed by atoms with Crippen molar-refractivity contribution in [1.29, 1.82) is 0 Å². The van der Waals surface area contributed by atoms with Crippen molar-refractivity contribution >= 4 is 11.7 Å². The first kappa shape index (κ1) is 12.6. The van der Waals surface area contributed by atoms with Crippen LogP contribution < -0.4 is 10.6 Å². The quantitative estimate of drug-likeness (QED) is 0.856. The number of fused-ring (bicyclic) bond motifs is 1. The van der Waals surface area contributed by atoms with Crippen LogP contribution in [0.1, 0.15) is 37.4 Å². The second-order valence-corrected chi connectivity index (χ2v) is 6.28. The molecule has 1 aliphatic carbocycles. The Morgan fingerprint density at radius 2 is 2.26 bits per heavy atom. The lowest BCUT2D eigenvalue weighted by Crippen LogP contribution is -2.45. The zero-order chi connectivity index (χ0) is 13.6. The maximum absolute atomic E-state index is 12.3. The zero-order valence-corrected chi connectivity index (χ0v) is 11.8. The number of anilines is 1. The SMILES string of the molecule is Cc1ccc(C)c(NC(=O)[C@@H]2C[C@@]3(C)CC[C@H]3N2)n1. The van der Waals surface area contributed by atoms with Crippen molar-refractivity contribution in [2.75, 3.05) is 5.32 Å². The third-order valence-electron chi connectivity index (χ3n) is 4.71. The van der Waals surface area contributed by atoms with Gasteiger partial charge in [0, 0.05) is 11.7 Å². The van der Waals surface area contributed by atoms with E-state index in [1.165, 1.54) is 12.8 Å². The molecule has 4 heteroatoms. The molecule has 0 radical (unpaired) electrons. The molecule has 0 aromatic carbocycles. The van der Waals surface area contributed by atoms with Crippen LogP contribution in [0.2, 0.25) is 0 Å². The number of aryl methyl sites for hydroxylation is 2. The number of hydrogen-bond donors (Lipinski definition) is 2. The number of carbonyl (C=O) groups excluding carboxylic acids is 1. The van der Waals surface area contributed by atoms with Gasteiger partial charge in [0.1, 0.15) is 5.82 Å². The highest BCUT2D eigenvalue weighted by atomic mass is 16.2. The summed E-state index contributed by atoms with van der Waals surface area (Å²) in [6, 6.07) is 4.40. The van der Waals surface area contributed by atoms with Gasteiger partial charge in [0.15, 0.2) is 0 Å². The standard InChI is InChI=1S/C15H21N3O/c1-9-4-5-10(2)16-13(9)18-14(19)11-8-15(3)7-6-12(15)17-11/h4-5,11-12,17H,6-8H2,1-3H3,(H,16,18,19)/t11-,12+,15+/m0/s1. The third-order valence-corrected chi connectivity index (χ3v) is 4.71. The van der Waals surface area contributed by atoms with Crippen molar-refractivity contribution in [2.24, 2.45) is 5.41 Å². The highest BCUT2D eigenvalue weighted by molar-refractivity contribution is 5.95. The highest BCUT2D eigenvalue weighted by Crippen LogP contribution is 2.48. The molecule has 2 fully saturated rings. The Labute approximate surface area is 114 Å². The van der Waals surface area contributed by atoms with Gasteiger partial charge < -0.3 is 10.6 Å². The van der Waals surface area contributed by atoms with Gasteiger partial charge in [-0.3, -0.25) is 4.79 Å². The Kier molecular flexibility index (Phi) is 2.86. The van der Waals surface area contributed by atoms with Gasteiger partial charge in [0.05, 0.1) is 6.04 Å². The van der Waals surface area contributed by atoms with Gasteiger partial charge in [-0.15, -0.1) is 0 Å². The lowest BCUT2D eigenvalue weighted by atomic mass is 9.66. The van der Waals surface area contributed by atoms with Crippen LogP contribution >= 0.6 is 0 Å². The number of amides is 1. The second-order valence-electron chi connectivity index (χ2n) is 6.28. The van der Waals surface area contributed by atoms with E-state index in [1.807, 2.05) is 26.0 Å². The smallest absolute Gasteiger partial charge is 0.242 e. The summed E-state index contributed by atoms with van der Waals surface area (Å²) in [5, 5.41) is 6.41. The van der Waals surface area contributed by atoms with Crippen LogP contribution in [-0.2, 0) is 4.79 Å². The van der Waals surface area contributed by atoms with E-state index in [4.69, 9.17) is 0 Å². The summed E-state index contributed by atoms with van der Waals surface area (Å²) < 4.78 is 0. The Balaban J connectivity index is 1.70. The number of pyridine rings is 1. The Morgan fingerprint density at radius 3 is 2.84 bits per heavy atom. The van der Waals surface area contributed by atoms with E-state index >= 15 is 0 Å². The number of nitrogens with one attached hydrogen (secondary N) is 2. The van der Waals surface area contributed by atoms with E-state index in [9.17, 15) is 4.79 Å². The molecule has 1 saturated heterocycles. The summed E-state index contributed by atoms with van der Waals surface area (Å²) >= 11 is 0. The maximum atomic E-state index is 12.3. The molecule has 2 aliphatic rings. The number of hydrogen-bond acceptors (Lipinski definition) is 3. The minimum atomic E-state index is -0.0702. The predicted octanol–water partition coefficient (Wildman–Crippen LogP) is 2.17. The van der Waals surface area contributed by atoms with Crippen LogP contribution in [-0.4, -0.2) is 23.0 Å². The number of rotatable bonds is 2. The first-order valence-electron chi connectivity index (χ1n) is 6.99. The number of nitrogens with zero attached hydrogens (tertiary/aromatic N) is 1. The highest BCUT2D eigenvalue weighted by Gasteiger charge is 2.51. The first-order valence-corrected chi connectivity index (χ1v) is 6.99. The van der Waals surface area contributed by atoms with E-state index in [-0.39, 0.29) is 11.9 Å². The van der Waals surface area contributed by atoms with Crippen molar-refractivity contribution in [1.82, 2.24) is 10.3 Å². The summed E-state index contributed by atoms with van der Waals surface area (Å²) in [7, 11) is 0. The summed E-state index contributed by atoms with van der Waals surface area (Å²) in [5.41, 5.74) is 2.26. The van der Waals surface area contributed by atoms with E-state index in [0.29, 0.717) is 17.3 Å². The molecule has 1 aliphatic heterocycles. The average Bonchev–Trinajstić information content (AvgIpc) is 2.58. The lowest BCUT2D eigenvalue weighted by molar-refractivity contribution is -0.117. The minimum absolute atomic E-state index is 0.0526. The Bertz CT molecular complexity index is 528. The molecule has 19 heavy (non-hydrogen) atoms. The van der Waals surface area contributed by atoms with Crippen molar-refractivity contribution < 1.29 is 4.79 Å². The molecule has 3 atom stereocenters. The van der Waals surface area contributed by atoms with Crippen molar-refractivity contribution in [3.8, 4) is 0 Å². The summed E-state index contributed by atoms with van der Waals surface area (Å²) in [6.07, 6.45) is 3.37. The topological polar surface area (TPSA) is 54.0 Å². The van der Waals surface area contributed by atoms with E-state index in [0.717, 1.165) is 17.7 Å². The summed E-state index contributed by atoms with van der Waals surface area (Å²) in [4.78, 5) is 16.7. The zero-order valence-electron chi connectivity index (χ0n) is 11.8. The molecule has 1 amide bonds. The van der Waals surface area contributed by atoms with Crippen molar-refractivity contribution in [2.45, 2.75) is 52.1 Å². The monoisotopic (exact) mass is 259 g/mol. The Morgan fingerprint density at radius 1 is 1.47 bits per heavy atom. The van der Waals surface area contributed by atoms with E-state index < -0.39 is 0 Å². The first-order chi connectivity index (χ1) is 8.98. The molecule has 0 unspecified atom stereocenters. The van der Waals surface area contributed by atoms with Gasteiger partial charge in [-0.1, -0.05) is 13.0 Å². The van der Waals surface area contributed by atoms with Gasteiger partial charge in [-0.25, -0.2) is 4.98 Å². The van der Waals surface area contributed by atoms with Gasteiger partial charge in [0.2, 0.25) is 5.91 Å². The fourth-order valence-electron chi connectivity index (χ4n) is 3.20.